The van der Waals surface area contributed by atoms with Gasteiger partial charge in [0.15, 0.2) is 0 Å². The standard InChI is InChI=1S/C17H25N3/c1-10(20-16-2-3-19-9-15(16)18)17-13-5-11-4-12(7-13)8-14(17)6-11/h2-3,9-14,17H,4-8,18H2,1H3,(H,19,20). The number of nitrogens with zero attached hydrogens (tertiary/aromatic N) is 1. The third kappa shape index (κ3) is 1.99. The number of nitrogen functional groups attached to an aromatic ring is 1. The molecule has 4 fully saturated rings. The van der Waals surface area contributed by atoms with E-state index in [9.17, 15) is 0 Å². The third-order valence-corrected chi connectivity index (χ3v) is 6.11. The minimum absolute atomic E-state index is 0.523. The van der Waals surface area contributed by atoms with Crippen molar-refractivity contribution in [2.24, 2.45) is 29.6 Å². The van der Waals surface area contributed by atoms with Crippen molar-refractivity contribution in [1.29, 1.82) is 0 Å². The molecule has 0 aromatic carbocycles. The summed E-state index contributed by atoms with van der Waals surface area (Å²) in [7, 11) is 0. The smallest absolute Gasteiger partial charge is 0.0736 e. The van der Waals surface area contributed by atoms with E-state index in [2.05, 4.69) is 17.2 Å². The van der Waals surface area contributed by atoms with E-state index in [4.69, 9.17) is 5.73 Å². The Morgan fingerprint density at radius 3 is 2.40 bits per heavy atom. The maximum atomic E-state index is 6.02. The largest absolute Gasteiger partial charge is 0.396 e. The molecular weight excluding hydrogens is 246 g/mol. The average molecular weight is 271 g/mol. The maximum absolute atomic E-state index is 6.02. The summed E-state index contributed by atoms with van der Waals surface area (Å²) in [5, 5.41) is 3.67. The number of hydrogen-bond acceptors (Lipinski definition) is 3. The van der Waals surface area contributed by atoms with Gasteiger partial charge in [0.2, 0.25) is 0 Å². The normalized spacial score (nSPS) is 39.8. The predicted octanol–water partition coefficient (Wildman–Crippen LogP) is 3.54. The first-order valence-corrected chi connectivity index (χ1v) is 8.16. The van der Waals surface area contributed by atoms with Crippen LogP contribution in [0.5, 0.6) is 0 Å². The first-order valence-electron chi connectivity index (χ1n) is 8.16. The average Bonchev–Trinajstić information content (AvgIpc) is 2.40. The number of aromatic nitrogens is 1. The molecule has 0 amide bonds. The van der Waals surface area contributed by atoms with Crippen LogP contribution in [-0.4, -0.2) is 11.0 Å². The Kier molecular flexibility index (Phi) is 2.90. The van der Waals surface area contributed by atoms with Crippen LogP contribution in [0, 0.1) is 29.6 Å². The second kappa shape index (κ2) is 4.64. The van der Waals surface area contributed by atoms with Gasteiger partial charge in [-0.1, -0.05) is 0 Å². The minimum Gasteiger partial charge on any atom is -0.396 e. The fraction of sp³-hybridized carbons (Fsp3) is 0.706. The van der Waals surface area contributed by atoms with Crippen molar-refractivity contribution in [1.82, 2.24) is 4.98 Å². The van der Waals surface area contributed by atoms with Crippen LogP contribution in [0.15, 0.2) is 18.5 Å². The molecule has 108 valence electrons. The van der Waals surface area contributed by atoms with E-state index < -0.39 is 0 Å². The molecular formula is C17H25N3. The molecule has 0 saturated heterocycles. The van der Waals surface area contributed by atoms with Gasteiger partial charge in [-0.05, 0) is 74.7 Å². The first kappa shape index (κ1) is 12.5. The number of pyridine rings is 1. The first-order chi connectivity index (χ1) is 9.70. The molecule has 3 nitrogen and oxygen atoms in total. The molecule has 5 rings (SSSR count). The highest BCUT2D eigenvalue weighted by molar-refractivity contribution is 5.64. The van der Waals surface area contributed by atoms with Crippen molar-refractivity contribution in [3.63, 3.8) is 0 Å². The monoisotopic (exact) mass is 271 g/mol. The van der Waals surface area contributed by atoms with Gasteiger partial charge in [0.25, 0.3) is 0 Å². The summed E-state index contributed by atoms with van der Waals surface area (Å²) in [6.45, 7) is 2.35. The van der Waals surface area contributed by atoms with Crippen LogP contribution >= 0.6 is 0 Å². The Bertz CT molecular complexity index is 471. The SMILES string of the molecule is CC(Nc1ccncc1N)C1C2CC3CC(C2)CC1C3. The van der Waals surface area contributed by atoms with Gasteiger partial charge in [0.1, 0.15) is 0 Å². The molecule has 3 N–H and O–H groups in total. The number of nitrogens with one attached hydrogen (secondary N) is 1. The number of anilines is 2. The van der Waals surface area contributed by atoms with Crippen LogP contribution in [0.3, 0.4) is 0 Å². The fourth-order valence-electron chi connectivity index (χ4n) is 5.66. The van der Waals surface area contributed by atoms with E-state index in [1.165, 1.54) is 32.1 Å². The lowest BCUT2D eigenvalue weighted by Crippen LogP contribution is -2.50. The quantitative estimate of drug-likeness (QED) is 0.884. The van der Waals surface area contributed by atoms with Crippen molar-refractivity contribution in [3.05, 3.63) is 18.5 Å². The van der Waals surface area contributed by atoms with E-state index in [0.29, 0.717) is 6.04 Å². The summed E-state index contributed by atoms with van der Waals surface area (Å²) in [5.74, 6) is 4.85. The van der Waals surface area contributed by atoms with Gasteiger partial charge < -0.3 is 11.1 Å². The topological polar surface area (TPSA) is 50.9 Å². The van der Waals surface area contributed by atoms with E-state index in [-0.39, 0.29) is 0 Å². The van der Waals surface area contributed by atoms with Crippen LogP contribution in [0.4, 0.5) is 11.4 Å². The molecule has 1 aromatic rings. The Labute approximate surface area is 121 Å². The van der Waals surface area contributed by atoms with E-state index in [1.807, 2.05) is 12.3 Å². The molecule has 1 atom stereocenters. The molecule has 20 heavy (non-hydrogen) atoms. The number of rotatable bonds is 3. The molecule has 1 unspecified atom stereocenters. The van der Waals surface area contributed by atoms with Gasteiger partial charge in [-0.15, -0.1) is 0 Å². The molecule has 3 heteroatoms. The molecule has 4 bridgehead atoms. The van der Waals surface area contributed by atoms with Crippen molar-refractivity contribution in [3.8, 4) is 0 Å². The van der Waals surface area contributed by atoms with Crippen LogP contribution < -0.4 is 11.1 Å². The molecule has 0 spiro atoms. The molecule has 1 aromatic heterocycles. The Morgan fingerprint density at radius 2 is 1.80 bits per heavy atom. The summed E-state index contributed by atoms with van der Waals surface area (Å²) < 4.78 is 0. The number of hydrogen-bond donors (Lipinski definition) is 2. The van der Waals surface area contributed by atoms with E-state index in [0.717, 1.165) is 41.0 Å². The summed E-state index contributed by atoms with van der Waals surface area (Å²) in [4.78, 5) is 4.07. The molecule has 4 aliphatic rings. The lowest BCUT2D eigenvalue weighted by Gasteiger charge is -2.56. The summed E-state index contributed by atoms with van der Waals surface area (Å²) >= 11 is 0. The lowest BCUT2D eigenvalue weighted by molar-refractivity contribution is -0.0417. The van der Waals surface area contributed by atoms with E-state index in [1.54, 1.807) is 6.20 Å². The second-order valence-corrected chi connectivity index (χ2v) is 7.40. The van der Waals surface area contributed by atoms with Crippen molar-refractivity contribution < 1.29 is 0 Å². The van der Waals surface area contributed by atoms with Crippen molar-refractivity contribution in [2.45, 2.75) is 45.1 Å². The van der Waals surface area contributed by atoms with Gasteiger partial charge >= 0.3 is 0 Å². The highest BCUT2D eigenvalue weighted by Gasteiger charge is 2.49. The molecule has 4 aliphatic carbocycles. The zero-order chi connectivity index (χ0) is 13.7. The second-order valence-electron chi connectivity index (χ2n) is 7.40. The zero-order valence-electron chi connectivity index (χ0n) is 12.3. The Hall–Kier alpha value is -1.25. The van der Waals surface area contributed by atoms with Gasteiger partial charge in [-0.3, -0.25) is 4.98 Å². The van der Waals surface area contributed by atoms with Gasteiger partial charge in [0.05, 0.1) is 17.6 Å². The van der Waals surface area contributed by atoms with Crippen LogP contribution in [0.1, 0.15) is 39.0 Å². The highest BCUT2D eigenvalue weighted by atomic mass is 15.0. The van der Waals surface area contributed by atoms with Crippen molar-refractivity contribution >= 4 is 11.4 Å². The Balaban J connectivity index is 1.51. The minimum atomic E-state index is 0.523. The fourth-order valence-corrected chi connectivity index (χ4v) is 5.66. The molecule has 4 saturated carbocycles. The van der Waals surface area contributed by atoms with Crippen molar-refractivity contribution in [2.75, 3.05) is 11.1 Å². The third-order valence-electron chi connectivity index (χ3n) is 6.11. The summed E-state index contributed by atoms with van der Waals surface area (Å²) in [5.41, 5.74) is 7.84. The van der Waals surface area contributed by atoms with Gasteiger partial charge in [0, 0.05) is 12.2 Å². The predicted molar refractivity (Wildman–Crippen MR) is 82.3 cm³/mol. The Morgan fingerprint density at radius 1 is 1.15 bits per heavy atom. The summed E-state index contributed by atoms with van der Waals surface area (Å²) in [6, 6.07) is 2.52. The molecule has 1 heterocycles. The van der Waals surface area contributed by atoms with Crippen LogP contribution in [0.25, 0.3) is 0 Å². The number of nitrogens with two attached hydrogens (primary N) is 1. The van der Waals surface area contributed by atoms with Crippen LogP contribution in [0.2, 0.25) is 0 Å². The van der Waals surface area contributed by atoms with Crippen LogP contribution in [-0.2, 0) is 0 Å². The molecule has 0 aliphatic heterocycles. The molecule has 0 radical (unpaired) electrons. The maximum Gasteiger partial charge on any atom is 0.0736 e. The van der Waals surface area contributed by atoms with E-state index >= 15 is 0 Å². The highest BCUT2D eigenvalue weighted by Crippen LogP contribution is 2.57. The van der Waals surface area contributed by atoms with Gasteiger partial charge in [-0.25, -0.2) is 0 Å². The van der Waals surface area contributed by atoms with Gasteiger partial charge in [-0.2, -0.15) is 0 Å². The lowest BCUT2D eigenvalue weighted by atomic mass is 9.50. The zero-order valence-corrected chi connectivity index (χ0v) is 12.3. The summed E-state index contributed by atoms with van der Waals surface area (Å²) in [6.07, 6.45) is 11.0.